The highest BCUT2D eigenvalue weighted by Gasteiger charge is 1.99. The van der Waals surface area contributed by atoms with E-state index in [2.05, 4.69) is 5.10 Å². The zero-order valence-electron chi connectivity index (χ0n) is 8.23. The number of rotatable bonds is 3. The van der Waals surface area contributed by atoms with Gasteiger partial charge in [0.2, 0.25) is 0 Å². The molecule has 1 heterocycles. The van der Waals surface area contributed by atoms with Crippen molar-refractivity contribution in [3.63, 3.8) is 0 Å². The van der Waals surface area contributed by atoms with Crippen LogP contribution >= 0.6 is 0 Å². The zero-order valence-corrected chi connectivity index (χ0v) is 8.23. The van der Waals surface area contributed by atoms with Crippen LogP contribution in [-0.4, -0.2) is 9.78 Å². The Hall–Kier alpha value is -1.68. The third kappa shape index (κ3) is 2.41. The van der Waals surface area contributed by atoms with Crippen LogP contribution in [0, 0.1) is 5.82 Å². The molecule has 0 aliphatic carbocycles. The third-order valence-corrected chi connectivity index (χ3v) is 2.14. The largest absolute Gasteiger partial charge is 0.325 e. The van der Waals surface area contributed by atoms with Crippen LogP contribution in [0.5, 0.6) is 0 Å². The van der Waals surface area contributed by atoms with Crippen molar-refractivity contribution in [3.05, 3.63) is 53.6 Å². The summed E-state index contributed by atoms with van der Waals surface area (Å²) in [4.78, 5) is 0. The lowest BCUT2D eigenvalue weighted by atomic mass is 10.2. The molecule has 2 rings (SSSR count). The predicted molar refractivity (Wildman–Crippen MR) is 55.6 cm³/mol. The van der Waals surface area contributed by atoms with E-state index in [1.807, 2.05) is 18.3 Å². The number of hydrogen-bond donors (Lipinski definition) is 1. The summed E-state index contributed by atoms with van der Waals surface area (Å²) in [7, 11) is 0. The Morgan fingerprint density at radius 1 is 1.33 bits per heavy atom. The third-order valence-electron chi connectivity index (χ3n) is 2.14. The van der Waals surface area contributed by atoms with Gasteiger partial charge in [-0.2, -0.15) is 5.10 Å². The molecule has 1 aromatic carbocycles. The molecular formula is C11H12FN3. The van der Waals surface area contributed by atoms with Crippen molar-refractivity contribution in [2.24, 2.45) is 5.73 Å². The van der Waals surface area contributed by atoms with E-state index in [-0.39, 0.29) is 5.82 Å². The lowest BCUT2D eigenvalue weighted by molar-refractivity contribution is 0.618. The quantitative estimate of drug-likeness (QED) is 0.825. The number of halogens is 1. The second-order valence-corrected chi connectivity index (χ2v) is 3.34. The number of hydrogen-bond acceptors (Lipinski definition) is 2. The summed E-state index contributed by atoms with van der Waals surface area (Å²) < 4.78 is 14.6. The average Bonchev–Trinajstić information content (AvgIpc) is 2.65. The summed E-state index contributed by atoms with van der Waals surface area (Å²) in [5.41, 5.74) is 7.17. The van der Waals surface area contributed by atoms with Crippen LogP contribution in [-0.2, 0) is 13.1 Å². The fourth-order valence-corrected chi connectivity index (χ4v) is 1.42. The molecule has 0 fully saturated rings. The van der Waals surface area contributed by atoms with E-state index in [0.717, 1.165) is 11.3 Å². The van der Waals surface area contributed by atoms with Gasteiger partial charge in [0.05, 0.1) is 12.2 Å². The van der Waals surface area contributed by atoms with Gasteiger partial charge < -0.3 is 5.73 Å². The summed E-state index contributed by atoms with van der Waals surface area (Å²) in [5.74, 6) is -0.223. The average molecular weight is 205 g/mol. The molecule has 0 unspecified atom stereocenters. The Morgan fingerprint density at radius 3 is 2.87 bits per heavy atom. The molecule has 0 aliphatic rings. The highest BCUT2D eigenvalue weighted by Crippen LogP contribution is 2.05. The minimum Gasteiger partial charge on any atom is -0.325 e. The van der Waals surface area contributed by atoms with Crippen LogP contribution in [0.3, 0.4) is 0 Å². The maximum Gasteiger partial charge on any atom is 0.123 e. The van der Waals surface area contributed by atoms with Gasteiger partial charge in [-0.05, 0) is 23.8 Å². The second-order valence-electron chi connectivity index (χ2n) is 3.34. The summed E-state index contributed by atoms with van der Waals surface area (Å²) in [6.45, 7) is 0.994. The first-order chi connectivity index (χ1) is 7.28. The lowest BCUT2D eigenvalue weighted by Gasteiger charge is -2.01. The Kier molecular flexibility index (Phi) is 2.78. The van der Waals surface area contributed by atoms with Crippen molar-refractivity contribution in [2.75, 3.05) is 0 Å². The van der Waals surface area contributed by atoms with Crippen molar-refractivity contribution in [2.45, 2.75) is 13.1 Å². The van der Waals surface area contributed by atoms with Crippen molar-refractivity contribution in [1.82, 2.24) is 9.78 Å². The first kappa shape index (κ1) is 9.86. The van der Waals surface area contributed by atoms with Crippen LogP contribution in [0.1, 0.15) is 11.3 Å². The fourth-order valence-electron chi connectivity index (χ4n) is 1.42. The van der Waals surface area contributed by atoms with E-state index in [1.165, 1.54) is 12.1 Å². The maximum absolute atomic E-state index is 12.9. The topological polar surface area (TPSA) is 43.8 Å². The van der Waals surface area contributed by atoms with E-state index in [4.69, 9.17) is 5.73 Å². The Morgan fingerprint density at radius 2 is 2.20 bits per heavy atom. The van der Waals surface area contributed by atoms with E-state index in [9.17, 15) is 4.39 Å². The standard InChI is InChI=1S/C11H12FN3/c12-10-3-1-2-9(6-10)8-15-5-4-11(7-13)14-15/h1-6H,7-8,13H2. The molecular weight excluding hydrogens is 193 g/mol. The zero-order chi connectivity index (χ0) is 10.7. The van der Waals surface area contributed by atoms with Gasteiger partial charge in [-0.3, -0.25) is 4.68 Å². The lowest BCUT2D eigenvalue weighted by Crippen LogP contribution is -2.03. The second kappa shape index (κ2) is 4.23. The van der Waals surface area contributed by atoms with Gasteiger partial charge in [-0.25, -0.2) is 4.39 Å². The van der Waals surface area contributed by atoms with Crippen molar-refractivity contribution < 1.29 is 4.39 Å². The van der Waals surface area contributed by atoms with Crippen LogP contribution in [0.15, 0.2) is 36.5 Å². The van der Waals surface area contributed by atoms with Gasteiger partial charge >= 0.3 is 0 Å². The van der Waals surface area contributed by atoms with Gasteiger partial charge in [0.1, 0.15) is 5.82 Å². The number of nitrogens with zero attached hydrogens (tertiary/aromatic N) is 2. The minimum absolute atomic E-state index is 0.223. The minimum atomic E-state index is -0.223. The van der Waals surface area contributed by atoms with E-state index in [0.29, 0.717) is 13.1 Å². The Bertz CT molecular complexity index is 451. The maximum atomic E-state index is 12.9. The number of aromatic nitrogens is 2. The molecule has 2 N–H and O–H groups in total. The molecule has 3 nitrogen and oxygen atoms in total. The van der Waals surface area contributed by atoms with Gasteiger partial charge in [0.15, 0.2) is 0 Å². The van der Waals surface area contributed by atoms with Crippen molar-refractivity contribution in [3.8, 4) is 0 Å². The van der Waals surface area contributed by atoms with Crippen LogP contribution in [0.25, 0.3) is 0 Å². The number of nitrogens with two attached hydrogens (primary N) is 1. The molecule has 0 radical (unpaired) electrons. The summed E-state index contributed by atoms with van der Waals surface area (Å²) in [5, 5.41) is 4.22. The smallest absolute Gasteiger partial charge is 0.123 e. The van der Waals surface area contributed by atoms with Gasteiger partial charge in [-0.1, -0.05) is 12.1 Å². The van der Waals surface area contributed by atoms with Gasteiger partial charge in [0, 0.05) is 12.7 Å². The molecule has 15 heavy (non-hydrogen) atoms. The van der Waals surface area contributed by atoms with E-state index >= 15 is 0 Å². The van der Waals surface area contributed by atoms with Crippen LogP contribution in [0.2, 0.25) is 0 Å². The predicted octanol–water partition coefficient (Wildman–Crippen LogP) is 1.53. The Labute approximate surface area is 87.3 Å². The summed E-state index contributed by atoms with van der Waals surface area (Å²) >= 11 is 0. The monoisotopic (exact) mass is 205 g/mol. The fraction of sp³-hybridized carbons (Fsp3) is 0.182. The van der Waals surface area contributed by atoms with Gasteiger partial charge in [0.25, 0.3) is 0 Å². The molecule has 0 spiro atoms. The normalized spacial score (nSPS) is 10.5. The Balaban J connectivity index is 2.14. The van der Waals surface area contributed by atoms with E-state index < -0.39 is 0 Å². The van der Waals surface area contributed by atoms with Crippen LogP contribution in [0.4, 0.5) is 4.39 Å². The molecule has 1 aromatic heterocycles. The number of benzene rings is 1. The van der Waals surface area contributed by atoms with E-state index in [1.54, 1.807) is 10.7 Å². The SMILES string of the molecule is NCc1ccn(Cc2cccc(F)c2)n1. The first-order valence-corrected chi connectivity index (χ1v) is 4.75. The first-order valence-electron chi connectivity index (χ1n) is 4.75. The molecule has 0 bridgehead atoms. The molecule has 0 atom stereocenters. The van der Waals surface area contributed by atoms with Crippen LogP contribution < -0.4 is 5.73 Å². The molecule has 0 saturated heterocycles. The molecule has 0 saturated carbocycles. The van der Waals surface area contributed by atoms with Gasteiger partial charge in [-0.15, -0.1) is 0 Å². The summed E-state index contributed by atoms with van der Waals surface area (Å²) in [6.07, 6.45) is 1.84. The molecule has 0 amide bonds. The molecule has 0 aliphatic heterocycles. The molecule has 4 heteroatoms. The van der Waals surface area contributed by atoms with Crippen molar-refractivity contribution >= 4 is 0 Å². The molecule has 2 aromatic rings. The van der Waals surface area contributed by atoms with Crippen molar-refractivity contribution in [1.29, 1.82) is 0 Å². The highest BCUT2D eigenvalue weighted by atomic mass is 19.1. The molecule has 78 valence electrons. The summed E-state index contributed by atoms with van der Waals surface area (Å²) in [6, 6.07) is 8.35. The highest BCUT2D eigenvalue weighted by molar-refractivity contribution is 5.16.